The third-order valence-electron chi connectivity index (χ3n) is 4.72. The Morgan fingerprint density at radius 3 is 2.36 bits per heavy atom. The first-order valence-electron chi connectivity index (χ1n) is 9.01. The van der Waals surface area contributed by atoms with Gasteiger partial charge in [0.2, 0.25) is 5.91 Å². The van der Waals surface area contributed by atoms with Gasteiger partial charge in [0.25, 0.3) is 5.91 Å². The summed E-state index contributed by atoms with van der Waals surface area (Å²) < 4.78 is 10.5. The lowest BCUT2D eigenvalue weighted by Crippen LogP contribution is -2.48. The van der Waals surface area contributed by atoms with Crippen molar-refractivity contribution in [2.75, 3.05) is 50.6 Å². The zero-order valence-corrected chi connectivity index (χ0v) is 16.3. The number of hydrogen-bond acceptors (Lipinski definition) is 6. The number of methoxy groups -OCH3 is 2. The van der Waals surface area contributed by atoms with Gasteiger partial charge in [-0.2, -0.15) is 0 Å². The number of pyridine rings is 1. The van der Waals surface area contributed by atoms with Crippen molar-refractivity contribution in [2.45, 2.75) is 6.92 Å². The highest BCUT2D eigenvalue weighted by Gasteiger charge is 2.20. The van der Waals surface area contributed by atoms with Crippen molar-refractivity contribution in [1.29, 1.82) is 0 Å². The first-order chi connectivity index (χ1) is 13.5. The molecule has 3 rings (SSSR count). The van der Waals surface area contributed by atoms with Gasteiger partial charge < -0.3 is 24.6 Å². The van der Waals surface area contributed by atoms with Crippen LogP contribution in [0.1, 0.15) is 17.3 Å². The summed E-state index contributed by atoms with van der Waals surface area (Å²) in [6.45, 7) is 4.38. The van der Waals surface area contributed by atoms with E-state index in [-0.39, 0.29) is 11.8 Å². The van der Waals surface area contributed by atoms with E-state index in [1.165, 1.54) is 7.11 Å². The Balaban J connectivity index is 1.65. The van der Waals surface area contributed by atoms with E-state index in [2.05, 4.69) is 15.2 Å². The summed E-state index contributed by atoms with van der Waals surface area (Å²) in [6.07, 6.45) is 1.55. The summed E-state index contributed by atoms with van der Waals surface area (Å²) in [7, 11) is 3.10. The molecule has 8 heteroatoms. The van der Waals surface area contributed by atoms with Gasteiger partial charge in [-0.15, -0.1) is 0 Å². The lowest BCUT2D eigenvalue weighted by molar-refractivity contribution is -0.129. The number of hydrogen-bond donors (Lipinski definition) is 1. The molecule has 0 bridgehead atoms. The molecule has 8 nitrogen and oxygen atoms in total. The fourth-order valence-electron chi connectivity index (χ4n) is 3.05. The van der Waals surface area contributed by atoms with E-state index in [0.717, 1.165) is 18.9 Å². The van der Waals surface area contributed by atoms with Crippen LogP contribution in [0.3, 0.4) is 0 Å². The summed E-state index contributed by atoms with van der Waals surface area (Å²) in [5.41, 5.74) is 1.00. The number of nitrogens with one attached hydrogen (secondary N) is 1. The molecule has 2 amide bonds. The first-order valence-corrected chi connectivity index (χ1v) is 9.01. The highest BCUT2D eigenvalue weighted by atomic mass is 16.5. The van der Waals surface area contributed by atoms with E-state index >= 15 is 0 Å². The van der Waals surface area contributed by atoms with Gasteiger partial charge in [0.1, 0.15) is 17.3 Å². The summed E-state index contributed by atoms with van der Waals surface area (Å²) in [5, 5.41) is 2.83. The highest BCUT2D eigenvalue weighted by Crippen LogP contribution is 2.29. The third-order valence-corrected chi connectivity index (χ3v) is 4.72. The van der Waals surface area contributed by atoms with E-state index in [1.807, 2.05) is 11.0 Å². The van der Waals surface area contributed by atoms with E-state index in [9.17, 15) is 9.59 Å². The van der Waals surface area contributed by atoms with Gasteiger partial charge in [-0.3, -0.25) is 9.59 Å². The quantitative estimate of drug-likeness (QED) is 0.849. The number of carbonyl (C=O) groups is 2. The minimum atomic E-state index is -0.274. The van der Waals surface area contributed by atoms with Crippen LogP contribution in [0, 0.1) is 0 Å². The molecule has 0 spiro atoms. The molecule has 1 fully saturated rings. The minimum absolute atomic E-state index is 0.0913. The molecule has 1 aromatic heterocycles. The lowest BCUT2D eigenvalue weighted by Gasteiger charge is -2.34. The molecular weight excluding hydrogens is 360 g/mol. The molecular formula is C20H24N4O4. The normalized spacial score (nSPS) is 13.8. The van der Waals surface area contributed by atoms with Crippen molar-refractivity contribution in [3.63, 3.8) is 0 Å². The summed E-state index contributed by atoms with van der Waals surface area (Å²) in [4.78, 5) is 32.3. The third kappa shape index (κ3) is 4.33. The fourth-order valence-corrected chi connectivity index (χ4v) is 3.05. The number of aromatic nitrogens is 1. The molecule has 1 aliphatic rings. The average Bonchev–Trinajstić information content (AvgIpc) is 2.74. The maximum atomic E-state index is 12.5. The van der Waals surface area contributed by atoms with Crippen molar-refractivity contribution in [1.82, 2.24) is 9.88 Å². The van der Waals surface area contributed by atoms with Crippen molar-refractivity contribution < 1.29 is 19.1 Å². The zero-order valence-electron chi connectivity index (χ0n) is 16.3. The highest BCUT2D eigenvalue weighted by molar-refractivity contribution is 6.05. The molecule has 0 radical (unpaired) electrons. The van der Waals surface area contributed by atoms with Crippen LogP contribution in [0.25, 0.3) is 0 Å². The van der Waals surface area contributed by atoms with Crippen LogP contribution in [0.15, 0.2) is 36.5 Å². The maximum absolute atomic E-state index is 12.5. The smallest absolute Gasteiger partial charge is 0.257 e. The number of piperazine rings is 1. The zero-order chi connectivity index (χ0) is 20.1. The number of amides is 2. The first kappa shape index (κ1) is 19.5. The van der Waals surface area contributed by atoms with Crippen molar-refractivity contribution >= 4 is 23.3 Å². The fraction of sp³-hybridized carbons (Fsp3) is 0.350. The molecule has 0 saturated carbocycles. The molecule has 1 N–H and O–H groups in total. The van der Waals surface area contributed by atoms with Crippen molar-refractivity contribution in [2.24, 2.45) is 0 Å². The molecule has 0 aliphatic carbocycles. The summed E-state index contributed by atoms with van der Waals surface area (Å²) in [5.74, 6) is 1.77. The van der Waals surface area contributed by atoms with Gasteiger partial charge in [-0.1, -0.05) is 0 Å². The predicted molar refractivity (Wildman–Crippen MR) is 106 cm³/mol. The number of anilines is 2. The molecule has 148 valence electrons. The van der Waals surface area contributed by atoms with Crippen LogP contribution in [0.5, 0.6) is 11.5 Å². The molecule has 1 saturated heterocycles. The van der Waals surface area contributed by atoms with E-state index in [4.69, 9.17) is 9.47 Å². The molecule has 1 aromatic carbocycles. The Kier molecular flexibility index (Phi) is 5.98. The van der Waals surface area contributed by atoms with E-state index in [0.29, 0.717) is 35.8 Å². The van der Waals surface area contributed by atoms with Crippen molar-refractivity contribution in [3.8, 4) is 11.5 Å². The molecule has 0 atom stereocenters. The number of ether oxygens (including phenoxy) is 2. The molecule has 2 heterocycles. The molecule has 1 aliphatic heterocycles. The predicted octanol–water partition coefficient (Wildman–Crippen LogP) is 2.02. The van der Waals surface area contributed by atoms with Gasteiger partial charge in [-0.05, 0) is 24.3 Å². The standard InChI is InChI=1S/C20H24N4O4/c1-14(25)23-8-10-24(11-9-23)19-7-4-15(13-21-19)20(26)22-17-6-5-16(27-2)12-18(17)28-3/h4-7,12-13H,8-11H2,1-3H3,(H,22,26). The Labute approximate surface area is 164 Å². The van der Waals surface area contributed by atoms with Gasteiger partial charge in [-0.25, -0.2) is 4.98 Å². The monoisotopic (exact) mass is 384 g/mol. The summed E-state index contributed by atoms with van der Waals surface area (Å²) in [6, 6.07) is 8.75. The topological polar surface area (TPSA) is 84.0 Å². The van der Waals surface area contributed by atoms with Gasteiger partial charge in [0.05, 0.1) is 25.5 Å². The number of carbonyl (C=O) groups excluding carboxylic acids is 2. The Bertz CT molecular complexity index is 846. The Morgan fingerprint density at radius 1 is 1.04 bits per heavy atom. The van der Waals surface area contributed by atoms with Crippen LogP contribution >= 0.6 is 0 Å². The van der Waals surface area contributed by atoms with Crippen LogP contribution < -0.4 is 19.7 Å². The second-order valence-electron chi connectivity index (χ2n) is 6.42. The SMILES string of the molecule is COc1ccc(NC(=O)c2ccc(N3CCN(C(C)=O)CC3)nc2)c(OC)c1. The minimum Gasteiger partial charge on any atom is -0.497 e. The molecule has 0 unspecified atom stereocenters. The van der Waals surface area contributed by atoms with Gasteiger partial charge in [0.15, 0.2) is 0 Å². The number of benzene rings is 1. The van der Waals surface area contributed by atoms with Crippen LogP contribution in [0.4, 0.5) is 11.5 Å². The lowest BCUT2D eigenvalue weighted by atomic mass is 10.2. The Hall–Kier alpha value is -3.29. The van der Waals surface area contributed by atoms with Crippen molar-refractivity contribution in [3.05, 3.63) is 42.1 Å². The second-order valence-corrected chi connectivity index (χ2v) is 6.42. The second kappa shape index (κ2) is 8.60. The van der Waals surface area contributed by atoms with Gasteiger partial charge in [0, 0.05) is 45.4 Å². The van der Waals surface area contributed by atoms with Crippen LogP contribution in [0.2, 0.25) is 0 Å². The number of nitrogens with zero attached hydrogens (tertiary/aromatic N) is 3. The van der Waals surface area contributed by atoms with Crippen LogP contribution in [-0.4, -0.2) is 62.1 Å². The Morgan fingerprint density at radius 2 is 1.79 bits per heavy atom. The van der Waals surface area contributed by atoms with Gasteiger partial charge >= 0.3 is 0 Å². The maximum Gasteiger partial charge on any atom is 0.257 e. The van der Waals surface area contributed by atoms with Crippen LogP contribution in [-0.2, 0) is 4.79 Å². The largest absolute Gasteiger partial charge is 0.497 e. The molecule has 28 heavy (non-hydrogen) atoms. The molecule has 2 aromatic rings. The van der Waals surface area contributed by atoms with E-state index < -0.39 is 0 Å². The average molecular weight is 384 g/mol. The summed E-state index contributed by atoms with van der Waals surface area (Å²) >= 11 is 0. The number of rotatable bonds is 5. The van der Waals surface area contributed by atoms with E-state index in [1.54, 1.807) is 44.5 Å².